The first kappa shape index (κ1) is 15.8. The van der Waals surface area contributed by atoms with Crippen molar-refractivity contribution in [2.75, 3.05) is 20.6 Å². The van der Waals surface area contributed by atoms with Crippen molar-refractivity contribution >= 4 is 23.2 Å². The Bertz CT molecular complexity index is 378. The van der Waals surface area contributed by atoms with Crippen LogP contribution in [0.4, 0.5) is 0 Å². The number of likely N-dealkylation sites (N-methyl/N-ethyl adjacent to an activating group) is 1. The first-order valence-corrected chi connectivity index (χ1v) is 6.97. The van der Waals surface area contributed by atoms with E-state index in [-0.39, 0.29) is 0 Å². The molecule has 4 heteroatoms. The molecule has 0 saturated carbocycles. The molecule has 1 N–H and O–H groups in total. The van der Waals surface area contributed by atoms with E-state index < -0.39 is 0 Å². The summed E-state index contributed by atoms with van der Waals surface area (Å²) in [6.45, 7) is 6.20. The minimum Gasteiger partial charge on any atom is -0.308 e. The van der Waals surface area contributed by atoms with Crippen LogP contribution in [0.2, 0.25) is 10.0 Å². The Hall–Kier alpha value is -0.280. The minimum absolute atomic E-state index is 0.440. The predicted molar refractivity (Wildman–Crippen MR) is 80.5 cm³/mol. The van der Waals surface area contributed by atoms with Gasteiger partial charge in [0, 0.05) is 29.2 Å². The van der Waals surface area contributed by atoms with Gasteiger partial charge in [-0.25, -0.2) is 0 Å². The third kappa shape index (κ3) is 5.15. The molecule has 0 aliphatic heterocycles. The summed E-state index contributed by atoms with van der Waals surface area (Å²) >= 11 is 12.1. The van der Waals surface area contributed by atoms with E-state index in [0.29, 0.717) is 12.0 Å². The van der Waals surface area contributed by atoms with Gasteiger partial charge in [0.15, 0.2) is 0 Å². The second kappa shape index (κ2) is 7.34. The Kier molecular flexibility index (Phi) is 6.44. The lowest BCUT2D eigenvalue weighted by Gasteiger charge is -2.26. The summed E-state index contributed by atoms with van der Waals surface area (Å²) in [4.78, 5) is 2.19. The number of rotatable bonds is 6. The van der Waals surface area contributed by atoms with Gasteiger partial charge in [-0.15, -0.1) is 0 Å². The lowest BCUT2D eigenvalue weighted by atomic mass is 10.0. The predicted octanol–water partition coefficient (Wildman–Crippen LogP) is 3.67. The fourth-order valence-corrected chi connectivity index (χ4v) is 2.20. The van der Waals surface area contributed by atoms with Crippen LogP contribution in [0.25, 0.3) is 0 Å². The summed E-state index contributed by atoms with van der Waals surface area (Å²) in [6, 6.07) is 6.02. The zero-order chi connectivity index (χ0) is 13.7. The van der Waals surface area contributed by atoms with Crippen LogP contribution in [0.1, 0.15) is 19.4 Å². The van der Waals surface area contributed by atoms with Crippen LogP contribution in [0.3, 0.4) is 0 Å². The van der Waals surface area contributed by atoms with Crippen molar-refractivity contribution < 1.29 is 0 Å². The molecule has 1 aromatic carbocycles. The molecule has 0 saturated heterocycles. The molecule has 0 radical (unpaired) electrons. The van der Waals surface area contributed by atoms with Crippen molar-refractivity contribution in [1.29, 1.82) is 0 Å². The second-order valence-electron chi connectivity index (χ2n) is 5.23. The highest BCUT2D eigenvalue weighted by Gasteiger charge is 2.14. The summed E-state index contributed by atoms with van der Waals surface area (Å²) < 4.78 is 0. The number of hydrogen-bond donors (Lipinski definition) is 1. The molecule has 1 atom stereocenters. The van der Waals surface area contributed by atoms with Gasteiger partial charge in [-0.2, -0.15) is 0 Å². The zero-order valence-electron chi connectivity index (χ0n) is 11.5. The van der Waals surface area contributed by atoms with Crippen LogP contribution in [-0.2, 0) is 6.54 Å². The van der Waals surface area contributed by atoms with Gasteiger partial charge in [0.25, 0.3) is 0 Å². The van der Waals surface area contributed by atoms with Gasteiger partial charge in [-0.1, -0.05) is 37.0 Å². The van der Waals surface area contributed by atoms with Gasteiger partial charge < -0.3 is 10.2 Å². The molecular formula is C14H22Cl2N2. The van der Waals surface area contributed by atoms with Crippen molar-refractivity contribution in [1.82, 2.24) is 10.2 Å². The SMILES string of the molecule is CC(C)C(CN(C)C)NCc1cc(Cl)ccc1Cl. The summed E-state index contributed by atoms with van der Waals surface area (Å²) in [7, 11) is 4.17. The molecule has 0 aliphatic carbocycles. The van der Waals surface area contributed by atoms with E-state index in [1.165, 1.54) is 0 Å². The molecule has 0 fully saturated rings. The first-order chi connectivity index (χ1) is 8.40. The minimum atomic E-state index is 0.440. The smallest absolute Gasteiger partial charge is 0.0451 e. The van der Waals surface area contributed by atoms with Crippen LogP contribution in [-0.4, -0.2) is 31.6 Å². The fraction of sp³-hybridized carbons (Fsp3) is 0.571. The quantitative estimate of drug-likeness (QED) is 0.859. The van der Waals surface area contributed by atoms with Crippen molar-refractivity contribution in [2.24, 2.45) is 5.92 Å². The van der Waals surface area contributed by atoms with Gasteiger partial charge in [-0.05, 0) is 43.8 Å². The molecule has 1 unspecified atom stereocenters. The van der Waals surface area contributed by atoms with Crippen molar-refractivity contribution in [3.63, 3.8) is 0 Å². The van der Waals surface area contributed by atoms with Crippen LogP contribution < -0.4 is 5.32 Å². The molecule has 0 aromatic heterocycles. The lowest BCUT2D eigenvalue weighted by Crippen LogP contribution is -2.41. The van der Waals surface area contributed by atoms with Crippen molar-refractivity contribution in [2.45, 2.75) is 26.4 Å². The average molecular weight is 289 g/mol. The summed E-state index contributed by atoms with van der Waals surface area (Å²) in [6.07, 6.45) is 0. The molecule has 18 heavy (non-hydrogen) atoms. The van der Waals surface area contributed by atoms with Crippen molar-refractivity contribution in [3.8, 4) is 0 Å². The monoisotopic (exact) mass is 288 g/mol. The Morgan fingerprint density at radius 2 is 1.89 bits per heavy atom. The van der Waals surface area contributed by atoms with Gasteiger partial charge in [0.1, 0.15) is 0 Å². The number of benzene rings is 1. The van der Waals surface area contributed by atoms with E-state index in [2.05, 4.69) is 38.2 Å². The highest BCUT2D eigenvalue weighted by atomic mass is 35.5. The third-order valence-corrected chi connectivity index (χ3v) is 3.53. The zero-order valence-corrected chi connectivity index (χ0v) is 13.0. The van der Waals surface area contributed by atoms with E-state index in [9.17, 15) is 0 Å². The highest BCUT2D eigenvalue weighted by molar-refractivity contribution is 6.33. The maximum atomic E-state index is 6.16. The molecule has 0 spiro atoms. The maximum Gasteiger partial charge on any atom is 0.0451 e. The topological polar surface area (TPSA) is 15.3 Å². The summed E-state index contributed by atoms with van der Waals surface area (Å²) in [5.41, 5.74) is 1.05. The summed E-state index contributed by atoms with van der Waals surface area (Å²) in [5, 5.41) is 5.04. The molecule has 1 aromatic rings. The first-order valence-electron chi connectivity index (χ1n) is 6.22. The van der Waals surface area contributed by atoms with Crippen LogP contribution in [0.5, 0.6) is 0 Å². The fourth-order valence-electron chi connectivity index (χ4n) is 1.82. The van der Waals surface area contributed by atoms with Crippen LogP contribution >= 0.6 is 23.2 Å². The van der Waals surface area contributed by atoms with E-state index in [1.807, 2.05) is 18.2 Å². The number of nitrogens with zero attached hydrogens (tertiary/aromatic N) is 1. The molecule has 102 valence electrons. The number of hydrogen-bond acceptors (Lipinski definition) is 2. The largest absolute Gasteiger partial charge is 0.308 e. The van der Waals surface area contributed by atoms with Gasteiger partial charge in [0.2, 0.25) is 0 Å². The Balaban J connectivity index is 2.63. The Morgan fingerprint density at radius 1 is 1.22 bits per heavy atom. The number of halogens is 2. The molecule has 2 nitrogen and oxygen atoms in total. The lowest BCUT2D eigenvalue weighted by molar-refractivity contribution is 0.288. The van der Waals surface area contributed by atoms with E-state index >= 15 is 0 Å². The second-order valence-corrected chi connectivity index (χ2v) is 6.07. The van der Waals surface area contributed by atoms with E-state index in [0.717, 1.165) is 28.7 Å². The van der Waals surface area contributed by atoms with E-state index in [4.69, 9.17) is 23.2 Å². The molecule has 0 bridgehead atoms. The molecule has 0 amide bonds. The highest BCUT2D eigenvalue weighted by Crippen LogP contribution is 2.20. The third-order valence-electron chi connectivity index (χ3n) is 2.93. The molecule has 1 rings (SSSR count). The van der Waals surface area contributed by atoms with Crippen LogP contribution in [0.15, 0.2) is 18.2 Å². The van der Waals surface area contributed by atoms with Crippen molar-refractivity contribution in [3.05, 3.63) is 33.8 Å². The Morgan fingerprint density at radius 3 is 2.44 bits per heavy atom. The molecular weight excluding hydrogens is 267 g/mol. The summed E-state index contributed by atoms with van der Waals surface area (Å²) in [5.74, 6) is 0.574. The average Bonchev–Trinajstić information content (AvgIpc) is 2.27. The molecule has 0 heterocycles. The van der Waals surface area contributed by atoms with Gasteiger partial charge in [0.05, 0.1) is 0 Å². The van der Waals surface area contributed by atoms with Gasteiger partial charge >= 0.3 is 0 Å². The van der Waals surface area contributed by atoms with E-state index in [1.54, 1.807) is 0 Å². The number of nitrogens with one attached hydrogen (secondary N) is 1. The maximum absolute atomic E-state index is 6.16. The Labute approximate surface area is 120 Å². The standard InChI is InChI=1S/C14H22Cl2N2/c1-10(2)14(9-18(3)4)17-8-11-7-12(15)5-6-13(11)16/h5-7,10,14,17H,8-9H2,1-4H3. The molecule has 0 aliphatic rings. The normalized spacial score (nSPS) is 13.3. The van der Waals surface area contributed by atoms with Gasteiger partial charge in [-0.3, -0.25) is 0 Å². The van der Waals surface area contributed by atoms with Crippen LogP contribution in [0, 0.1) is 5.92 Å².